The number of nitrogens with zero attached hydrogens (tertiary/aromatic N) is 1. The van der Waals surface area contributed by atoms with E-state index in [0.717, 1.165) is 64.2 Å². The van der Waals surface area contributed by atoms with Crippen LogP contribution in [0.4, 0.5) is 0 Å². The van der Waals surface area contributed by atoms with Crippen LogP contribution in [0.5, 0.6) is 0 Å². The molecule has 280 valence electrons. The average Bonchev–Trinajstić information content (AvgIpc) is 3.02. The van der Waals surface area contributed by atoms with E-state index < -0.39 is 20.0 Å². The van der Waals surface area contributed by atoms with E-state index >= 15 is 0 Å². The molecule has 3 atom stereocenters. The third-order valence-corrected chi connectivity index (χ3v) is 9.04. The van der Waals surface area contributed by atoms with E-state index in [-0.39, 0.29) is 19.1 Å². The molecule has 0 fully saturated rings. The zero-order chi connectivity index (χ0) is 35.8. The monoisotopic (exact) mass is 698 g/mol. The van der Waals surface area contributed by atoms with E-state index in [4.69, 9.17) is 9.05 Å². The first kappa shape index (κ1) is 46.5. The zero-order valence-corrected chi connectivity index (χ0v) is 32.4. The van der Waals surface area contributed by atoms with Gasteiger partial charge < -0.3 is 19.8 Å². The topological polar surface area (TPSA) is 105 Å². The largest absolute Gasteiger partial charge is 0.472 e. The minimum atomic E-state index is -4.34. The number of quaternary nitrogens is 1. The molecule has 0 spiro atoms. The van der Waals surface area contributed by atoms with E-state index in [1.807, 2.05) is 27.2 Å². The Morgan fingerprint density at radius 1 is 0.729 bits per heavy atom. The van der Waals surface area contributed by atoms with Crippen LogP contribution in [0.25, 0.3) is 0 Å². The van der Waals surface area contributed by atoms with Crippen molar-refractivity contribution in [1.29, 1.82) is 0 Å². The maximum absolute atomic E-state index is 12.8. The minimum Gasteiger partial charge on any atom is -0.387 e. The molecule has 0 radical (unpaired) electrons. The highest BCUT2D eigenvalue weighted by Crippen LogP contribution is 2.43. The number of hydrogen-bond acceptors (Lipinski definition) is 5. The average molecular weight is 698 g/mol. The molecule has 0 heterocycles. The Hall–Kier alpha value is -1.54. The van der Waals surface area contributed by atoms with Gasteiger partial charge in [0.2, 0.25) is 5.91 Å². The van der Waals surface area contributed by atoms with Gasteiger partial charge >= 0.3 is 7.82 Å². The van der Waals surface area contributed by atoms with Gasteiger partial charge in [-0.2, -0.15) is 0 Å². The van der Waals surface area contributed by atoms with Crippen LogP contribution >= 0.6 is 7.82 Å². The number of unbranched alkanes of at least 4 members (excludes halogenated alkanes) is 14. The second-order valence-corrected chi connectivity index (χ2v) is 15.4. The fourth-order valence-electron chi connectivity index (χ4n) is 4.99. The van der Waals surface area contributed by atoms with Crippen molar-refractivity contribution < 1.29 is 32.9 Å². The summed E-state index contributed by atoms with van der Waals surface area (Å²) in [6.45, 7) is 4.64. The van der Waals surface area contributed by atoms with Crippen molar-refractivity contribution in [2.45, 2.75) is 154 Å². The molecule has 0 aliphatic heterocycles. The lowest BCUT2D eigenvalue weighted by Crippen LogP contribution is -2.45. The second kappa shape index (κ2) is 31.4. The van der Waals surface area contributed by atoms with Crippen LogP contribution in [0.1, 0.15) is 142 Å². The molecule has 0 aromatic rings. The van der Waals surface area contributed by atoms with E-state index in [0.29, 0.717) is 17.4 Å². The summed E-state index contributed by atoms with van der Waals surface area (Å²) < 4.78 is 23.4. The first-order valence-electron chi connectivity index (χ1n) is 19.0. The minimum absolute atomic E-state index is 0.0538. The molecule has 48 heavy (non-hydrogen) atoms. The first-order valence-corrected chi connectivity index (χ1v) is 20.5. The van der Waals surface area contributed by atoms with Gasteiger partial charge in [0.25, 0.3) is 0 Å². The van der Waals surface area contributed by atoms with Crippen LogP contribution in [0.3, 0.4) is 0 Å². The summed E-state index contributed by atoms with van der Waals surface area (Å²) in [7, 11) is 1.54. The highest BCUT2D eigenvalue weighted by atomic mass is 31.2. The van der Waals surface area contributed by atoms with Crippen molar-refractivity contribution in [2.24, 2.45) is 0 Å². The molecule has 0 aliphatic rings. The number of hydrogen-bond donors (Lipinski definition) is 3. The summed E-state index contributed by atoms with van der Waals surface area (Å²) in [5, 5.41) is 13.7. The number of rotatable bonds is 33. The summed E-state index contributed by atoms with van der Waals surface area (Å²) in [5.41, 5.74) is 0. The van der Waals surface area contributed by atoms with Crippen molar-refractivity contribution in [2.75, 3.05) is 40.9 Å². The number of allylic oxidation sites excluding steroid dienone is 7. The van der Waals surface area contributed by atoms with Crippen molar-refractivity contribution in [3.05, 3.63) is 48.6 Å². The predicted octanol–water partition coefficient (Wildman–Crippen LogP) is 9.74. The van der Waals surface area contributed by atoms with Crippen LogP contribution in [0.2, 0.25) is 0 Å². The number of carbonyl (C=O) groups excluding carboxylic acids is 1. The van der Waals surface area contributed by atoms with Crippen molar-refractivity contribution >= 4 is 13.7 Å². The lowest BCUT2D eigenvalue weighted by Gasteiger charge is -2.25. The summed E-state index contributed by atoms with van der Waals surface area (Å²) in [5.74, 6) is -0.210. The van der Waals surface area contributed by atoms with Gasteiger partial charge in [0.1, 0.15) is 13.2 Å². The molecule has 0 aliphatic carbocycles. The molecule has 0 rings (SSSR count). The molecule has 8 nitrogen and oxygen atoms in total. The van der Waals surface area contributed by atoms with Gasteiger partial charge in [-0.25, -0.2) is 4.57 Å². The Bertz CT molecular complexity index is 928. The number of carbonyl (C=O) groups is 1. The number of aliphatic hydroxyl groups is 1. The number of likely N-dealkylation sites (N-methyl/N-ethyl adjacent to an activating group) is 1. The zero-order valence-electron chi connectivity index (χ0n) is 31.5. The molecule has 3 unspecified atom stereocenters. The second-order valence-electron chi connectivity index (χ2n) is 13.9. The normalized spacial score (nSPS) is 15.2. The number of phosphoric ester groups is 1. The molecule has 0 bridgehead atoms. The number of phosphoric acid groups is 1. The van der Waals surface area contributed by atoms with Gasteiger partial charge in [0, 0.05) is 6.42 Å². The molecule has 0 aromatic heterocycles. The molecular weight excluding hydrogens is 623 g/mol. The van der Waals surface area contributed by atoms with Gasteiger partial charge in [-0.1, -0.05) is 133 Å². The van der Waals surface area contributed by atoms with E-state index in [2.05, 4.69) is 55.6 Å². The Labute approximate surface area is 295 Å². The summed E-state index contributed by atoms with van der Waals surface area (Å²) >= 11 is 0. The van der Waals surface area contributed by atoms with Crippen LogP contribution in [-0.2, 0) is 18.4 Å². The summed E-state index contributed by atoms with van der Waals surface area (Å²) in [4.78, 5) is 23.0. The van der Waals surface area contributed by atoms with Crippen molar-refractivity contribution in [3.8, 4) is 0 Å². The standard InChI is InChI=1S/C39H73N2O6P/c1-6-8-10-12-14-16-18-20-22-24-26-28-30-32-38(42)37(36-47-48(44,45)46-35-34-41(3,4)5)40-39(43)33-31-29-27-25-23-21-19-17-15-13-11-9-7-2/h9,11,15,17,21,23,30,32,37-38,42H,6-8,10,12-14,16,18-20,22,24-29,31,33-36H2,1-5H3,(H-,40,43,44,45)/p+1/b11-9-,17-15-,23-21-,32-30+. The first-order chi connectivity index (χ1) is 23.0. The molecule has 1 amide bonds. The summed E-state index contributed by atoms with van der Waals surface area (Å²) in [6, 6.07) is -0.859. The van der Waals surface area contributed by atoms with E-state index in [9.17, 15) is 19.4 Å². The Morgan fingerprint density at radius 3 is 1.83 bits per heavy atom. The SMILES string of the molecule is CC/C=C\C/C=C\C/C=C\CCCCCC(=O)NC(COP(=O)(O)OCC[N+](C)(C)C)C(O)/C=C/CCCCCCCCCCCCC. The molecule has 0 aromatic carbocycles. The molecule has 0 saturated heterocycles. The molecule has 3 N–H and O–H groups in total. The van der Waals surface area contributed by atoms with Gasteiger partial charge in [-0.05, 0) is 51.4 Å². The van der Waals surface area contributed by atoms with Crippen molar-refractivity contribution in [3.63, 3.8) is 0 Å². The van der Waals surface area contributed by atoms with Gasteiger partial charge in [-0.15, -0.1) is 0 Å². The van der Waals surface area contributed by atoms with Gasteiger partial charge in [0.05, 0.1) is 39.9 Å². The lowest BCUT2D eigenvalue weighted by molar-refractivity contribution is -0.870. The van der Waals surface area contributed by atoms with Gasteiger partial charge in [0.15, 0.2) is 0 Å². The molecular formula is C39H74N2O6P+. The number of amides is 1. The fraction of sp³-hybridized carbons (Fsp3) is 0.769. The number of nitrogens with one attached hydrogen (secondary N) is 1. The Kier molecular flexibility index (Phi) is 30.4. The third-order valence-electron chi connectivity index (χ3n) is 8.05. The van der Waals surface area contributed by atoms with Crippen LogP contribution in [0, 0.1) is 0 Å². The van der Waals surface area contributed by atoms with E-state index in [1.165, 1.54) is 57.8 Å². The Balaban J connectivity index is 4.62. The third kappa shape index (κ3) is 33.0. The quantitative estimate of drug-likeness (QED) is 0.0273. The van der Waals surface area contributed by atoms with Crippen LogP contribution in [-0.4, -0.2) is 73.4 Å². The molecule has 0 saturated carbocycles. The lowest BCUT2D eigenvalue weighted by atomic mass is 10.0. The maximum Gasteiger partial charge on any atom is 0.472 e. The van der Waals surface area contributed by atoms with Crippen molar-refractivity contribution in [1.82, 2.24) is 5.32 Å². The molecule has 9 heteroatoms. The maximum atomic E-state index is 12.8. The van der Waals surface area contributed by atoms with E-state index in [1.54, 1.807) is 6.08 Å². The Morgan fingerprint density at radius 2 is 1.25 bits per heavy atom. The highest BCUT2D eigenvalue weighted by molar-refractivity contribution is 7.47. The summed E-state index contributed by atoms with van der Waals surface area (Å²) in [6.07, 6.45) is 37.4. The number of aliphatic hydroxyl groups excluding tert-OH is 1. The fourth-order valence-corrected chi connectivity index (χ4v) is 5.73. The predicted molar refractivity (Wildman–Crippen MR) is 203 cm³/mol. The van der Waals surface area contributed by atoms with Gasteiger partial charge in [-0.3, -0.25) is 13.8 Å². The highest BCUT2D eigenvalue weighted by Gasteiger charge is 2.27. The van der Waals surface area contributed by atoms with Crippen LogP contribution < -0.4 is 5.32 Å². The smallest absolute Gasteiger partial charge is 0.387 e. The van der Waals surface area contributed by atoms with Crippen LogP contribution in [0.15, 0.2) is 48.6 Å².